The van der Waals surface area contributed by atoms with Gasteiger partial charge in [-0.2, -0.15) is 13.2 Å². The van der Waals surface area contributed by atoms with Crippen LogP contribution in [0.3, 0.4) is 0 Å². The topological polar surface area (TPSA) is 72.0 Å². The van der Waals surface area contributed by atoms with Crippen molar-refractivity contribution in [2.24, 2.45) is 11.3 Å². The maximum atomic E-state index is 13.5. The van der Waals surface area contributed by atoms with Crippen molar-refractivity contribution in [3.05, 3.63) is 48.2 Å². The summed E-state index contributed by atoms with van der Waals surface area (Å²) in [5, 5.41) is 0. The monoisotopic (exact) mass is 573 g/mol. The van der Waals surface area contributed by atoms with Crippen molar-refractivity contribution in [3.8, 4) is 17.0 Å². The zero-order chi connectivity index (χ0) is 29.3. The Morgan fingerprint density at radius 3 is 2.22 bits per heavy atom. The lowest BCUT2D eigenvalue weighted by Crippen LogP contribution is -2.53. The van der Waals surface area contributed by atoms with Crippen LogP contribution in [-0.4, -0.2) is 78.3 Å². The van der Waals surface area contributed by atoms with E-state index in [9.17, 15) is 22.8 Å². The molecule has 0 unspecified atom stereocenters. The molecule has 3 aliphatic rings. The lowest BCUT2D eigenvalue weighted by Gasteiger charge is -2.47. The summed E-state index contributed by atoms with van der Waals surface area (Å²) in [6, 6.07) is 10.9. The fourth-order valence-corrected chi connectivity index (χ4v) is 6.40. The van der Waals surface area contributed by atoms with Crippen molar-refractivity contribution in [3.63, 3.8) is 0 Å². The number of ether oxygens (including phenoxy) is 2. The minimum atomic E-state index is -4.12. The van der Waals surface area contributed by atoms with Crippen LogP contribution in [0.2, 0.25) is 0 Å². The van der Waals surface area contributed by atoms with E-state index in [1.165, 1.54) is 7.11 Å². The molecule has 0 radical (unpaired) electrons. The number of esters is 1. The number of methoxy groups -OCH3 is 1. The van der Waals surface area contributed by atoms with E-state index in [0.717, 1.165) is 30.4 Å². The highest BCUT2D eigenvalue weighted by atomic mass is 19.4. The van der Waals surface area contributed by atoms with E-state index in [1.54, 1.807) is 36.2 Å². The van der Waals surface area contributed by atoms with E-state index in [0.29, 0.717) is 50.5 Å². The Labute approximate surface area is 239 Å². The molecule has 41 heavy (non-hydrogen) atoms. The number of carbonyl (C=O) groups is 2. The fraction of sp³-hybridized carbons (Fsp3) is 0.581. The van der Waals surface area contributed by atoms with Gasteiger partial charge in [0.1, 0.15) is 5.54 Å². The second-order valence-corrected chi connectivity index (χ2v) is 12.0. The van der Waals surface area contributed by atoms with Crippen molar-refractivity contribution in [2.45, 2.75) is 63.6 Å². The number of benzene rings is 1. The molecule has 2 saturated heterocycles. The van der Waals surface area contributed by atoms with E-state index in [2.05, 4.69) is 4.98 Å². The second kappa shape index (κ2) is 11.6. The summed E-state index contributed by atoms with van der Waals surface area (Å²) >= 11 is 0. The van der Waals surface area contributed by atoms with Gasteiger partial charge in [0.15, 0.2) is 0 Å². The van der Waals surface area contributed by atoms with E-state index in [-0.39, 0.29) is 31.2 Å². The number of likely N-dealkylation sites (tertiary alicyclic amines) is 2. The van der Waals surface area contributed by atoms with Crippen molar-refractivity contribution in [2.75, 3.05) is 39.9 Å². The molecular formula is C31H38F3N3O4. The van der Waals surface area contributed by atoms with Crippen LogP contribution in [0.1, 0.15) is 62.2 Å². The van der Waals surface area contributed by atoms with Crippen LogP contribution in [-0.2, 0) is 9.53 Å². The lowest BCUT2D eigenvalue weighted by molar-refractivity contribution is -0.256. The largest absolute Gasteiger partial charge is 0.477 e. The van der Waals surface area contributed by atoms with Crippen molar-refractivity contribution in [1.29, 1.82) is 0 Å². The number of aromatic nitrogens is 1. The van der Waals surface area contributed by atoms with E-state index >= 15 is 0 Å². The molecule has 222 valence electrons. The Kier molecular flexibility index (Phi) is 8.32. The zero-order valence-corrected chi connectivity index (χ0v) is 23.7. The van der Waals surface area contributed by atoms with Gasteiger partial charge < -0.3 is 19.3 Å². The van der Waals surface area contributed by atoms with Gasteiger partial charge in [-0.05, 0) is 88.2 Å². The minimum absolute atomic E-state index is 0.118. The van der Waals surface area contributed by atoms with Crippen LogP contribution in [0.5, 0.6) is 5.88 Å². The smallest absolute Gasteiger partial charge is 0.395 e. The molecule has 1 saturated carbocycles. The first-order chi connectivity index (χ1) is 19.5. The van der Waals surface area contributed by atoms with E-state index in [1.807, 2.05) is 23.1 Å². The summed E-state index contributed by atoms with van der Waals surface area (Å²) < 4.78 is 51.4. The van der Waals surface area contributed by atoms with Crippen LogP contribution < -0.4 is 4.74 Å². The maximum absolute atomic E-state index is 13.5. The third-order valence-corrected chi connectivity index (χ3v) is 9.33. The van der Waals surface area contributed by atoms with Crippen LogP contribution >= 0.6 is 0 Å². The molecule has 1 amide bonds. The number of piperidine rings is 1. The molecule has 7 nitrogen and oxygen atoms in total. The van der Waals surface area contributed by atoms with Gasteiger partial charge in [-0.1, -0.05) is 18.6 Å². The summed E-state index contributed by atoms with van der Waals surface area (Å²) in [5.41, 5.74) is -0.177. The number of carbonyl (C=O) groups excluding carboxylic acids is 2. The van der Waals surface area contributed by atoms with Gasteiger partial charge in [-0.25, -0.2) is 9.78 Å². The lowest BCUT2D eigenvalue weighted by atomic mass is 9.67. The Morgan fingerprint density at radius 2 is 1.66 bits per heavy atom. The molecule has 1 atom stereocenters. The number of rotatable bonds is 8. The molecule has 1 aliphatic carbocycles. The number of halogens is 3. The minimum Gasteiger partial charge on any atom is -0.477 e. The quantitative estimate of drug-likeness (QED) is 0.375. The predicted molar refractivity (Wildman–Crippen MR) is 147 cm³/mol. The summed E-state index contributed by atoms with van der Waals surface area (Å²) in [4.78, 5) is 33.5. The molecule has 0 bridgehead atoms. The van der Waals surface area contributed by atoms with Crippen molar-refractivity contribution < 1.29 is 32.2 Å². The van der Waals surface area contributed by atoms with E-state index < -0.39 is 23.1 Å². The Morgan fingerprint density at radius 1 is 0.976 bits per heavy atom. The SMILES string of the molecule is COC(=O)[C@]1(C)CCCN1C(=O)c1ccc(-c2ccc(OCC3CCN(CC4(C(F)(F)F)CCC4)CC3)nc2)cc1. The summed E-state index contributed by atoms with van der Waals surface area (Å²) in [7, 11) is 1.34. The number of amides is 1. The first-order valence-electron chi connectivity index (χ1n) is 14.4. The van der Waals surface area contributed by atoms with Gasteiger partial charge in [0.2, 0.25) is 5.88 Å². The summed E-state index contributed by atoms with van der Waals surface area (Å²) in [6.07, 6.45) is 1.71. The van der Waals surface area contributed by atoms with Gasteiger partial charge in [-0.15, -0.1) is 0 Å². The van der Waals surface area contributed by atoms with Crippen LogP contribution in [0.25, 0.3) is 11.1 Å². The molecule has 0 N–H and O–H groups in total. The van der Waals surface area contributed by atoms with Gasteiger partial charge in [0.05, 0.1) is 19.1 Å². The molecule has 2 aliphatic heterocycles. The molecule has 3 fully saturated rings. The highest BCUT2D eigenvalue weighted by Crippen LogP contribution is 2.53. The number of alkyl halides is 3. The van der Waals surface area contributed by atoms with Crippen molar-refractivity contribution in [1.82, 2.24) is 14.8 Å². The highest BCUT2D eigenvalue weighted by Gasteiger charge is 2.58. The average molecular weight is 574 g/mol. The Balaban J connectivity index is 1.11. The maximum Gasteiger partial charge on any atom is 0.395 e. The molecule has 1 aromatic heterocycles. The first kappa shape index (κ1) is 29.4. The molecule has 0 spiro atoms. The average Bonchev–Trinajstić information content (AvgIpc) is 3.36. The molecule has 3 heterocycles. The fourth-order valence-electron chi connectivity index (χ4n) is 6.40. The molecule has 2 aromatic rings. The zero-order valence-electron chi connectivity index (χ0n) is 23.7. The normalized spacial score (nSPS) is 23.2. The van der Waals surface area contributed by atoms with Crippen LogP contribution in [0.15, 0.2) is 42.6 Å². The summed E-state index contributed by atoms with van der Waals surface area (Å²) in [6.45, 7) is 4.19. The third-order valence-electron chi connectivity index (χ3n) is 9.33. The Hall–Kier alpha value is -3.14. The standard InChI is InChI=1S/C31H38F3N3O4/c1-29(28(39)40-2)13-4-16-37(29)27(38)24-7-5-23(6-8-24)25-9-10-26(35-19-25)41-20-22-11-17-36(18-12-22)21-30(14-3-15-30)31(32,33)34/h5-10,19,22H,3-4,11-18,20-21H2,1-2H3/t29-/m0/s1. The summed E-state index contributed by atoms with van der Waals surface area (Å²) in [5.74, 6) is 0.196. The van der Waals surface area contributed by atoms with Crippen molar-refractivity contribution >= 4 is 11.9 Å². The van der Waals surface area contributed by atoms with Crippen LogP contribution in [0, 0.1) is 11.3 Å². The van der Waals surface area contributed by atoms with Gasteiger partial charge >= 0.3 is 12.1 Å². The number of hydrogen-bond acceptors (Lipinski definition) is 6. The van der Waals surface area contributed by atoms with Gasteiger partial charge in [0, 0.05) is 36.5 Å². The number of hydrogen-bond donors (Lipinski definition) is 0. The van der Waals surface area contributed by atoms with Gasteiger partial charge in [0.25, 0.3) is 5.91 Å². The third kappa shape index (κ3) is 5.94. The number of pyridine rings is 1. The van der Waals surface area contributed by atoms with Crippen LogP contribution in [0.4, 0.5) is 13.2 Å². The van der Waals surface area contributed by atoms with Gasteiger partial charge in [-0.3, -0.25) is 4.79 Å². The Bertz CT molecular complexity index is 1220. The predicted octanol–water partition coefficient (Wildman–Crippen LogP) is 5.74. The number of nitrogens with zero attached hydrogens (tertiary/aromatic N) is 3. The molecular weight excluding hydrogens is 535 g/mol. The first-order valence-corrected chi connectivity index (χ1v) is 14.4. The second-order valence-electron chi connectivity index (χ2n) is 12.0. The molecule has 10 heteroatoms. The van der Waals surface area contributed by atoms with E-state index in [4.69, 9.17) is 9.47 Å². The molecule has 1 aromatic carbocycles. The highest BCUT2D eigenvalue weighted by molar-refractivity contribution is 5.98. The molecule has 5 rings (SSSR count).